The molecule has 3 aliphatic carbocycles. The molecule has 198 valence electrons. The molecule has 0 heterocycles. The van der Waals surface area contributed by atoms with Gasteiger partial charge in [-0.15, -0.1) is 0 Å². The van der Waals surface area contributed by atoms with Crippen molar-refractivity contribution in [1.29, 1.82) is 0 Å². The van der Waals surface area contributed by atoms with Crippen LogP contribution >= 0.6 is 15.9 Å². The van der Waals surface area contributed by atoms with Gasteiger partial charge in [0.25, 0.3) is 0 Å². The molecular weight excluding hydrogens is 568 g/mol. The predicted molar refractivity (Wildman–Crippen MR) is 152 cm³/mol. The number of halogens is 1. The zero-order chi connectivity index (χ0) is 27.6. The summed E-state index contributed by atoms with van der Waals surface area (Å²) in [5.74, 6) is -0.729. The maximum atomic E-state index is 13.9. The molecule has 0 spiro atoms. The minimum Gasteiger partial charge on any atom is -0.219 e. The zero-order valence-electron chi connectivity index (χ0n) is 22.7. The van der Waals surface area contributed by atoms with Crippen LogP contribution in [0.15, 0.2) is 78.7 Å². The van der Waals surface area contributed by atoms with Crippen molar-refractivity contribution < 1.29 is 16.8 Å². The van der Waals surface area contributed by atoms with Gasteiger partial charge in [0.1, 0.15) is 0 Å². The highest BCUT2D eigenvalue weighted by Gasteiger charge is 2.82. The molecule has 1 fully saturated rings. The van der Waals surface area contributed by atoms with Crippen molar-refractivity contribution in [1.82, 2.24) is 0 Å². The average molecular weight is 604 g/mol. The van der Waals surface area contributed by atoms with Gasteiger partial charge in [-0.2, -0.15) is 0 Å². The summed E-state index contributed by atoms with van der Waals surface area (Å²) in [6.07, 6.45) is 1.80. The van der Waals surface area contributed by atoms with Gasteiger partial charge in [-0.05, 0) is 51.6 Å². The predicted octanol–water partition coefficient (Wildman–Crippen LogP) is 7.31. The van der Waals surface area contributed by atoms with Crippen LogP contribution in [0.3, 0.4) is 0 Å². The summed E-state index contributed by atoms with van der Waals surface area (Å²) >= 11 is 3.64. The summed E-state index contributed by atoms with van der Waals surface area (Å²) in [6.45, 7) is 16.5. The maximum Gasteiger partial charge on any atom is 0.203 e. The molecule has 5 rings (SSSR count). The Morgan fingerprint density at radius 3 is 1.46 bits per heavy atom. The number of rotatable bonds is 4. The van der Waals surface area contributed by atoms with Crippen molar-refractivity contribution in [3.63, 3.8) is 0 Å². The van der Waals surface area contributed by atoms with E-state index in [-0.39, 0.29) is 32.5 Å². The number of hydrogen-bond donors (Lipinski definition) is 0. The molecule has 0 aliphatic heterocycles. The van der Waals surface area contributed by atoms with E-state index < -0.39 is 30.5 Å². The van der Waals surface area contributed by atoms with Gasteiger partial charge >= 0.3 is 0 Å². The Balaban J connectivity index is 1.53. The molecule has 7 heteroatoms. The molecule has 2 unspecified atom stereocenters. The molecule has 0 aromatic heterocycles. The van der Waals surface area contributed by atoms with E-state index >= 15 is 0 Å². The third kappa shape index (κ3) is 3.56. The molecule has 3 aliphatic rings. The number of allylic oxidation sites excluding steroid dienone is 4. The third-order valence-electron chi connectivity index (χ3n) is 8.99. The Labute approximate surface area is 230 Å². The molecule has 37 heavy (non-hydrogen) atoms. The fourth-order valence-corrected chi connectivity index (χ4v) is 11.5. The Kier molecular flexibility index (Phi) is 5.59. The van der Waals surface area contributed by atoms with Gasteiger partial charge in [-0.25, -0.2) is 16.8 Å². The van der Waals surface area contributed by atoms with Gasteiger partial charge < -0.3 is 0 Å². The summed E-state index contributed by atoms with van der Waals surface area (Å²) in [5.41, 5.74) is 0.749. The van der Waals surface area contributed by atoms with Crippen LogP contribution in [0.2, 0.25) is 0 Å². The number of sulfone groups is 2. The third-order valence-corrected chi connectivity index (χ3v) is 14.3. The second-order valence-corrected chi connectivity index (χ2v) is 17.9. The molecule has 2 aromatic rings. The van der Waals surface area contributed by atoms with E-state index in [0.29, 0.717) is 14.3 Å². The molecule has 2 aromatic carbocycles. The van der Waals surface area contributed by atoms with Crippen LogP contribution in [-0.2, 0) is 30.5 Å². The van der Waals surface area contributed by atoms with Crippen LogP contribution in [0.25, 0.3) is 0 Å². The molecule has 4 nitrogen and oxygen atoms in total. The molecule has 4 atom stereocenters. The molecule has 0 bridgehead atoms. The van der Waals surface area contributed by atoms with Crippen molar-refractivity contribution in [3.8, 4) is 0 Å². The SMILES string of the molecule is CC(C)(C)c1ccc(S(=O)(=O)C2=C[C@]3(C)C(Br)=C(S(=O)(=O)c4ccc(C(C)(C)C)cc4)C4C2[C@@]43C)cc1. The van der Waals surface area contributed by atoms with Gasteiger partial charge in [0.2, 0.25) is 19.7 Å². The lowest BCUT2D eigenvalue weighted by atomic mass is 9.79. The monoisotopic (exact) mass is 602 g/mol. The van der Waals surface area contributed by atoms with Crippen LogP contribution in [0.1, 0.15) is 66.5 Å². The van der Waals surface area contributed by atoms with Crippen molar-refractivity contribution in [2.45, 2.75) is 76.0 Å². The summed E-state index contributed by atoms with van der Waals surface area (Å²) in [7, 11) is -7.58. The zero-order valence-corrected chi connectivity index (χ0v) is 25.9. The molecule has 0 radical (unpaired) electrons. The lowest BCUT2D eigenvalue weighted by Crippen LogP contribution is -2.21. The number of hydrogen-bond acceptors (Lipinski definition) is 4. The molecule has 0 N–H and O–H groups in total. The summed E-state index contributed by atoms with van der Waals surface area (Å²) in [5, 5.41) is 0. The van der Waals surface area contributed by atoms with Crippen LogP contribution < -0.4 is 0 Å². The quantitative estimate of drug-likeness (QED) is 0.368. The minimum absolute atomic E-state index is 0.0836. The fraction of sp³-hybridized carbons (Fsp3) is 0.467. The van der Waals surface area contributed by atoms with Gasteiger partial charge in [0.05, 0.1) is 19.6 Å². The fourth-order valence-electron chi connectivity index (χ4n) is 6.33. The lowest BCUT2D eigenvalue weighted by Gasteiger charge is -2.27. The van der Waals surface area contributed by atoms with Crippen LogP contribution in [-0.4, -0.2) is 16.8 Å². The van der Waals surface area contributed by atoms with E-state index in [2.05, 4.69) is 57.5 Å². The summed E-state index contributed by atoms with van der Waals surface area (Å²) in [6, 6.07) is 14.2. The molecule has 1 saturated carbocycles. The highest BCUT2D eigenvalue weighted by molar-refractivity contribution is 9.11. The Bertz CT molecular complexity index is 1580. The van der Waals surface area contributed by atoms with Crippen molar-refractivity contribution in [3.05, 3.63) is 80.0 Å². The second-order valence-electron chi connectivity index (χ2n) is 13.2. The van der Waals surface area contributed by atoms with Gasteiger partial charge in [0, 0.05) is 21.7 Å². The summed E-state index contributed by atoms with van der Waals surface area (Å²) < 4.78 is 56.2. The highest BCUT2D eigenvalue weighted by Crippen LogP contribution is 2.85. The van der Waals surface area contributed by atoms with Crippen molar-refractivity contribution in [2.75, 3.05) is 0 Å². The van der Waals surface area contributed by atoms with Gasteiger partial charge in [0.15, 0.2) is 0 Å². The van der Waals surface area contributed by atoms with Gasteiger partial charge in [-0.1, -0.05) is 102 Å². The van der Waals surface area contributed by atoms with Crippen molar-refractivity contribution >= 4 is 35.6 Å². The van der Waals surface area contributed by atoms with E-state index in [1.807, 2.05) is 38.1 Å². The van der Waals surface area contributed by atoms with Crippen LogP contribution in [0.5, 0.6) is 0 Å². The molecule has 0 saturated heterocycles. The standard InChI is InChI=1S/C30H35BrO4S2/c1-27(2,3)18-9-13-20(14-10-18)36(32,33)22-17-29(7)26(31)25(24-23(22)30(24,29)8)37(34,35)21-15-11-19(12-16-21)28(4,5)6/h9-17,23-24H,1-8H3/t23?,24?,29-,30+/m1/s1. The first-order valence-electron chi connectivity index (χ1n) is 12.6. The van der Waals surface area contributed by atoms with E-state index in [0.717, 1.165) is 11.1 Å². The first-order chi connectivity index (χ1) is 16.8. The van der Waals surface area contributed by atoms with Gasteiger partial charge in [-0.3, -0.25) is 0 Å². The van der Waals surface area contributed by atoms with Crippen molar-refractivity contribution in [2.24, 2.45) is 22.7 Å². The lowest BCUT2D eigenvalue weighted by molar-refractivity contribution is 0.329. The topological polar surface area (TPSA) is 68.3 Å². The van der Waals surface area contributed by atoms with E-state index in [1.54, 1.807) is 30.3 Å². The summed E-state index contributed by atoms with van der Waals surface area (Å²) in [4.78, 5) is 1.17. The van der Waals surface area contributed by atoms with E-state index in [4.69, 9.17) is 0 Å². The largest absolute Gasteiger partial charge is 0.219 e. The first kappa shape index (κ1) is 26.9. The minimum atomic E-state index is -3.81. The maximum absolute atomic E-state index is 13.9. The smallest absolute Gasteiger partial charge is 0.203 e. The van der Waals surface area contributed by atoms with Crippen LogP contribution in [0, 0.1) is 22.7 Å². The Morgan fingerprint density at radius 1 is 0.676 bits per heavy atom. The number of fused-ring (bicyclic) bond motifs is 1. The van der Waals surface area contributed by atoms with E-state index in [9.17, 15) is 16.8 Å². The first-order valence-corrected chi connectivity index (χ1v) is 16.4. The highest BCUT2D eigenvalue weighted by atomic mass is 79.9. The molecule has 0 amide bonds. The normalized spacial score (nSPS) is 29.4. The Morgan fingerprint density at radius 2 is 1.08 bits per heavy atom. The van der Waals surface area contributed by atoms with E-state index in [1.165, 1.54) is 0 Å². The molecular formula is C30H35BrO4S2. The van der Waals surface area contributed by atoms with Crippen LogP contribution in [0.4, 0.5) is 0 Å². The number of benzene rings is 2. The second kappa shape index (κ2) is 7.70. The average Bonchev–Trinajstić information content (AvgIpc) is 3.29. The Hall–Kier alpha value is -1.70.